The van der Waals surface area contributed by atoms with Crippen LogP contribution in [0.2, 0.25) is 0 Å². The molecule has 0 saturated carbocycles. The maximum Gasteiger partial charge on any atom is 0.416 e. The Morgan fingerprint density at radius 3 is 1.28 bits per heavy atom. The molecule has 0 fully saturated rings. The molecule has 0 N–H and O–H groups in total. The summed E-state index contributed by atoms with van der Waals surface area (Å²) in [7, 11) is 0. The molecule has 3 aromatic heterocycles. The highest BCUT2D eigenvalue weighted by molar-refractivity contribution is 6.12. The van der Waals surface area contributed by atoms with Gasteiger partial charge < -0.3 is 9.13 Å². The first-order valence-corrected chi connectivity index (χ1v) is 15.2. The zero-order valence-corrected chi connectivity index (χ0v) is 25.7. The smallest absolute Gasteiger partial charge is 0.309 e. The Kier molecular flexibility index (Phi) is 6.65. The van der Waals surface area contributed by atoms with Gasteiger partial charge in [0.25, 0.3) is 0 Å². The Hall–Kier alpha value is -7.40. The van der Waals surface area contributed by atoms with Gasteiger partial charge in [-0.3, -0.25) is 4.98 Å². The third-order valence-corrected chi connectivity index (χ3v) is 8.94. The molecule has 50 heavy (non-hydrogen) atoms. The van der Waals surface area contributed by atoms with Gasteiger partial charge in [0.15, 0.2) is 0 Å². The average Bonchev–Trinajstić information content (AvgIpc) is 3.64. The van der Waals surface area contributed by atoms with E-state index in [1.807, 2.05) is 4.57 Å². The van der Waals surface area contributed by atoms with E-state index in [1.165, 1.54) is 6.07 Å². The highest BCUT2D eigenvalue weighted by atomic mass is 19.4. The molecule has 0 bridgehead atoms. The van der Waals surface area contributed by atoms with Crippen LogP contribution in [0.5, 0.6) is 0 Å². The van der Waals surface area contributed by atoms with Crippen molar-refractivity contribution in [2.45, 2.75) is 6.18 Å². The second kappa shape index (κ2) is 11.1. The van der Waals surface area contributed by atoms with E-state index in [1.54, 1.807) is 95.8 Å². The zero-order valence-electron chi connectivity index (χ0n) is 25.7. The minimum absolute atomic E-state index is 0.223. The Morgan fingerprint density at radius 1 is 0.480 bits per heavy atom. The fourth-order valence-electron chi connectivity index (χ4n) is 6.76. The molecule has 0 unspecified atom stereocenters. The van der Waals surface area contributed by atoms with Gasteiger partial charge in [-0.25, -0.2) is 0 Å². The van der Waals surface area contributed by atoms with Crippen LogP contribution < -0.4 is 0 Å². The quantitative estimate of drug-likeness (QED) is 0.188. The minimum Gasteiger partial charge on any atom is -0.309 e. The first-order valence-electron chi connectivity index (χ1n) is 15.2. The van der Waals surface area contributed by atoms with Crippen molar-refractivity contribution in [2.75, 3.05) is 0 Å². The second-order valence-electron chi connectivity index (χ2n) is 11.7. The number of pyridine rings is 1. The van der Waals surface area contributed by atoms with Crippen LogP contribution in [0.15, 0.2) is 109 Å². The van der Waals surface area contributed by atoms with Crippen molar-refractivity contribution in [1.82, 2.24) is 14.1 Å². The summed E-state index contributed by atoms with van der Waals surface area (Å²) in [5.74, 6) is 0. The summed E-state index contributed by atoms with van der Waals surface area (Å²) >= 11 is 0. The third-order valence-electron chi connectivity index (χ3n) is 8.94. The molecule has 10 heteroatoms. The van der Waals surface area contributed by atoms with E-state index in [4.69, 9.17) is 0 Å². The van der Waals surface area contributed by atoms with Crippen LogP contribution in [0, 0.1) is 45.3 Å². The molecule has 5 aromatic carbocycles. The van der Waals surface area contributed by atoms with Crippen LogP contribution in [0.1, 0.15) is 27.8 Å². The molecule has 0 radical (unpaired) electrons. The van der Waals surface area contributed by atoms with Crippen LogP contribution in [-0.4, -0.2) is 14.1 Å². The van der Waals surface area contributed by atoms with Gasteiger partial charge >= 0.3 is 6.18 Å². The number of alkyl halides is 3. The molecular weight excluding hydrogens is 635 g/mol. The fraction of sp³-hybridized carbons (Fsp3) is 0.0250. The van der Waals surface area contributed by atoms with E-state index < -0.39 is 11.7 Å². The van der Waals surface area contributed by atoms with E-state index in [2.05, 4.69) is 29.3 Å². The number of nitriles is 4. The van der Waals surface area contributed by atoms with Gasteiger partial charge in [0.1, 0.15) is 0 Å². The van der Waals surface area contributed by atoms with Crippen LogP contribution >= 0.6 is 0 Å². The fourth-order valence-corrected chi connectivity index (χ4v) is 6.76. The van der Waals surface area contributed by atoms with Crippen molar-refractivity contribution < 1.29 is 13.2 Å². The Labute approximate surface area is 281 Å². The molecule has 8 rings (SSSR count). The lowest BCUT2D eigenvalue weighted by atomic mass is 9.99. The van der Waals surface area contributed by atoms with Crippen molar-refractivity contribution in [3.8, 4) is 46.8 Å². The predicted octanol–water partition coefficient (Wildman–Crippen LogP) is 9.45. The first kappa shape index (κ1) is 30.0. The third kappa shape index (κ3) is 4.53. The number of nitrogens with zero attached hydrogens (tertiary/aromatic N) is 7. The van der Waals surface area contributed by atoms with Crippen LogP contribution in [-0.2, 0) is 6.18 Å². The van der Waals surface area contributed by atoms with Crippen molar-refractivity contribution in [3.63, 3.8) is 0 Å². The summed E-state index contributed by atoms with van der Waals surface area (Å²) in [5.41, 5.74) is 5.07. The van der Waals surface area contributed by atoms with Gasteiger partial charge in [0, 0.05) is 38.9 Å². The predicted molar refractivity (Wildman–Crippen MR) is 182 cm³/mol. The van der Waals surface area contributed by atoms with Gasteiger partial charge in [0.2, 0.25) is 0 Å². The van der Waals surface area contributed by atoms with Crippen molar-refractivity contribution >= 4 is 43.6 Å². The van der Waals surface area contributed by atoms with E-state index in [-0.39, 0.29) is 5.69 Å². The molecular formula is C40H18F3N7. The van der Waals surface area contributed by atoms with Gasteiger partial charge in [-0.05, 0) is 91.0 Å². The number of hydrogen-bond donors (Lipinski definition) is 0. The van der Waals surface area contributed by atoms with Gasteiger partial charge in [0.05, 0.1) is 91.7 Å². The second-order valence-corrected chi connectivity index (χ2v) is 11.7. The van der Waals surface area contributed by atoms with Crippen molar-refractivity contribution in [2.24, 2.45) is 0 Å². The highest BCUT2D eigenvalue weighted by Gasteiger charge is 2.32. The topological polar surface area (TPSA) is 118 Å². The van der Waals surface area contributed by atoms with Gasteiger partial charge in [-0.15, -0.1) is 0 Å². The zero-order chi connectivity index (χ0) is 34.7. The maximum atomic E-state index is 14.4. The van der Waals surface area contributed by atoms with Crippen LogP contribution in [0.3, 0.4) is 0 Å². The molecule has 0 amide bonds. The molecule has 0 saturated heterocycles. The number of benzene rings is 5. The van der Waals surface area contributed by atoms with E-state index in [0.717, 1.165) is 22.9 Å². The van der Waals surface area contributed by atoms with E-state index in [9.17, 15) is 34.2 Å². The van der Waals surface area contributed by atoms with Gasteiger partial charge in [-0.2, -0.15) is 34.2 Å². The Bertz CT molecular complexity index is 2780. The molecule has 3 heterocycles. The molecule has 0 aliphatic heterocycles. The standard InChI is InChI=1S/C40H18F3N7/c41-40(42,43)27-5-6-28(38(17-27)49-34-7-1-23(18-44)13-30(34)31-14-24(19-45)2-8-35(31)49)29-11-12-48-22-39(29)50-36-9-3-25(20-46)15-32(36)33-16-26(21-47)4-10-37(33)50/h1-17,22H. The highest BCUT2D eigenvalue weighted by Crippen LogP contribution is 2.43. The average molecular weight is 654 g/mol. The largest absolute Gasteiger partial charge is 0.416 e. The molecule has 234 valence electrons. The normalized spacial score (nSPS) is 11.4. The SMILES string of the molecule is N#Cc1ccc2c(c1)c1cc(C#N)ccc1n2-c1cnccc1-c1ccc(C(F)(F)F)cc1-n1c2ccc(C#N)cc2c2cc(C#N)ccc21. The summed E-state index contributed by atoms with van der Waals surface area (Å²) in [6, 6.07) is 34.3. The van der Waals surface area contributed by atoms with E-state index in [0.29, 0.717) is 71.9 Å². The number of halogens is 3. The maximum absolute atomic E-state index is 14.4. The summed E-state index contributed by atoms with van der Waals surface area (Å²) in [6.07, 6.45) is -1.45. The monoisotopic (exact) mass is 653 g/mol. The number of hydrogen-bond acceptors (Lipinski definition) is 5. The minimum atomic E-state index is -4.65. The van der Waals surface area contributed by atoms with Gasteiger partial charge in [-0.1, -0.05) is 6.07 Å². The summed E-state index contributed by atoms with van der Waals surface area (Å²) in [5, 5.41) is 41.3. The van der Waals surface area contributed by atoms with Crippen molar-refractivity contribution in [1.29, 1.82) is 21.0 Å². The molecule has 0 aliphatic rings. The van der Waals surface area contributed by atoms with Crippen molar-refractivity contribution in [3.05, 3.63) is 137 Å². The summed E-state index contributed by atoms with van der Waals surface area (Å²) in [4.78, 5) is 4.42. The lowest BCUT2D eigenvalue weighted by Crippen LogP contribution is -2.08. The summed E-state index contributed by atoms with van der Waals surface area (Å²) in [6.45, 7) is 0. The lowest BCUT2D eigenvalue weighted by molar-refractivity contribution is -0.137. The number of fused-ring (bicyclic) bond motifs is 6. The Morgan fingerprint density at radius 2 is 0.880 bits per heavy atom. The molecule has 7 nitrogen and oxygen atoms in total. The Balaban J connectivity index is 1.49. The first-order chi connectivity index (χ1) is 24.2. The number of aromatic nitrogens is 3. The molecule has 0 atom stereocenters. The summed E-state index contributed by atoms with van der Waals surface area (Å²) < 4.78 is 46.9. The molecule has 0 aliphatic carbocycles. The molecule has 8 aromatic rings. The number of rotatable bonds is 3. The molecule has 0 spiro atoms. The lowest BCUT2D eigenvalue weighted by Gasteiger charge is -2.20. The van der Waals surface area contributed by atoms with Crippen LogP contribution in [0.4, 0.5) is 13.2 Å². The van der Waals surface area contributed by atoms with E-state index >= 15 is 0 Å². The van der Waals surface area contributed by atoms with Crippen LogP contribution in [0.25, 0.3) is 66.1 Å².